The van der Waals surface area contributed by atoms with Crippen LogP contribution in [0.5, 0.6) is 0 Å². The van der Waals surface area contributed by atoms with Crippen LogP contribution < -0.4 is 10.6 Å². The van der Waals surface area contributed by atoms with Crippen molar-refractivity contribution in [3.63, 3.8) is 0 Å². The molecule has 0 aliphatic rings. The van der Waals surface area contributed by atoms with Gasteiger partial charge in [-0.05, 0) is 69.1 Å². The summed E-state index contributed by atoms with van der Waals surface area (Å²) in [5.74, 6) is -0.0268. The van der Waals surface area contributed by atoms with Gasteiger partial charge in [0, 0.05) is 17.9 Å². The van der Waals surface area contributed by atoms with E-state index in [-0.39, 0.29) is 5.91 Å². The number of hydrogen-bond donors (Lipinski definition) is 1. The first-order valence-electron chi connectivity index (χ1n) is 5.65. The van der Waals surface area contributed by atoms with E-state index in [9.17, 15) is 4.79 Å². The van der Waals surface area contributed by atoms with Crippen molar-refractivity contribution in [2.45, 2.75) is 6.92 Å². The van der Waals surface area contributed by atoms with Crippen molar-refractivity contribution >= 4 is 60.5 Å². The van der Waals surface area contributed by atoms with Crippen LogP contribution in [0.3, 0.4) is 0 Å². The van der Waals surface area contributed by atoms with Crippen molar-refractivity contribution in [3.8, 4) is 0 Å². The van der Waals surface area contributed by atoms with E-state index in [0.29, 0.717) is 17.8 Å². The lowest BCUT2D eigenvalue weighted by Crippen LogP contribution is -2.30. The Morgan fingerprint density at radius 1 is 1.32 bits per heavy atom. The van der Waals surface area contributed by atoms with Gasteiger partial charge in [-0.25, -0.2) is 0 Å². The Hall–Kier alpha value is -0.850. The van der Waals surface area contributed by atoms with Crippen molar-refractivity contribution in [2.24, 2.45) is 0 Å². The first kappa shape index (κ1) is 14.6. The normalized spacial score (nSPS) is 10.5. The number of carbonyl (C=O) groups is 1. The lowest BCUT2D eigenvalue weighted by molar-refractivity contribution is 0.0988. The number of nitrogens with two attached hydrogens (primary N) is 1. The van der Waals surface area contributed by atoms with Gasteiger partial charge in [0.15, 0.2) is 0 Å². The van der Waals surface area contributed by atoms with E-state index < -0.39 is 0 Å². The molecular weight excluding hydrogens is 392 g/mol. The molecule has 0 saturated carbocycles. The van der Waals surface area contributed by atoms with Crippen LogP contribution in [0.4, 0.5) is 11.4 Å². The van der Waals surface area contributed by atoms with Gasteiger partial charge in [-0.2, -0.15) is 0 Å². The molecule has 2 rings (SSSR count). The second-order valence-electron chi connectivity index (χ2n) is 3.88. The minimum atomic E-state index is -0.0268. The predicted octanol–water partition coefficient (Wildman–Crippen LogP) is 4.52. The molecule has 0 saturated heterocycles. The monoisotopic (exact) mass is 402 g/mol. The average Bonchev–Trinajstić information content (AvgIpc) is 2.71. The summed E-state index contributed by atoms with van der Waals surface area (Å²) >= 11 is 8.30. The van der Waals surface area contributed by atoms with Crippen LogP contribution in [0, 0.1) is 0 Å². The Labute approximate surface area is 132 Å². The van der Waals surface area contributed by atoms with Crippen molar-refractivity contribution in [2.75, 3.05) is 17.2 Å². The van der Waals surface area contributed by atoms with Gasteiger partial charge in [0.25, 0.3) is 5.91 Å². The summed E-state index contributed by atoms with van der Waals surface area (Å²) in [5, 5.41) is 0. The maximum Gasteiger partial charge on any atom is 0.260 e. The largest absolute Gasteiger partial charge is 0.399 e. The number of nitrogens with zero attached hydrogens (tertiary/aromatic N) is 1. The summed E-state index contributed by atoms with van der Waals surface area (Å²) in [5.41, 5.74) is 7.86. The Balaban J connectivity index is 2.34. The van der Waals surface area contributed by atoms with Gasteiger partial charge in [-0.3, -0.25) is 4.79 Å². The molecule has 3 nitrogen and oxygen atoms in total. The molecule has 1 aromatic heterocycles. The highest BCUT2D eigenvalue weighted by atomic mass is 79.9. The summed E-state index contributed by atoms with van der Waals surface area (Å²) < 4.78 is 1.76. The SMILES string of the molecule is CCN(C(=O)c1cc(Br)sc1Br)c1ccc(N)cc1. The van der Waals surface area contributed by atoms with E-state index in [2.05, 4.69) is 31.9 Å². The van der Waals surface area contributed by atoms with Gasteiger partial charge < -0.3 is 10.6 Å². The fraction of sp³-hybridized carbons (Fsp3) is 0.154. The molecule has 0 radical (unpaired) electrons. The third kappa shape index (κ3) is 3.19. The van der Waals surface area contributed by atoms with Crippen LogP contribution in [0.1, 0.15) is 17.3 Å². The zero-order chi connectivity index (χ0) is 14.0. The molecule has 1 aromatic carbocycles. The molecule has 0 fully saturated rings. The summed E-state index contributed by atoms with van der Waals surface area (Å²) in [6.07, 6.45) is 0. The van der Waals surface area contributed by atoms with Gasteiger partial charge in [0.05, 0.1) is 13.1 Å². The lowest BCUT2D eigenvalue weighted by atomic mass is 10.2. The Bertz CT molecular complexity index is 595. The number of thiophene rings is 1. The highest BCUT2D eigenvalue weighted by Crippen LogP contribution is 2.33. The number of anilines is 2. The minimum Gasteiger partial charge on any atom is -0.399 e. The van der Waals surface area contributed by atoms with Crippen LogP contribution in [-0.4, -0.2) is 12.5 Å². The fourth-order valence-corrected chi connectivity index (χ4v) is 4.51. The molecule has 0 bridgehead atoms. The molecule has 100 valence electrons. The topological polar surface area (TPSA) is 46.3 Å². The first-order valence-corrected chi connectivity index (χ1v) is 8.05. The van der Waals surface area contributed by atoms with Gasteiger partial charge in [-0.15, -0.1) is 11.3 Å². The van der Waals surface area contributed by atoms with E-state index >= 15 is 0 Å². The first-order chi connectivity index (χ1) is 9.02. The number of amides is 1. The highest BCUT2D eigenvalue weighted by molar-refractivity contribution is 9.12. The molecule has 1 amide bonds. The van der Waals surface area contributed by atoms with Gasteiger partial charge in [-0.1, -0.05) is 0 Å². The quantitative estimate of drug-likeness (QED) is 0.765. The van der Waals surface area contributed by atoms with Crippen LogP contribution >= 0.6 is 43.2 Å². The summed E-state index contributed by atoms with van der Waals surface area (Å²) in [4.78, 5) is 14.3. The summed E-state index contributed by atoms with van der Waals surface area (Å²) in [6.45, 7) is 2.55. The molecule has 2 N–H and O–H groups in total. The second kappa shape index (κ2) is 6.07. The van der Waals surface area contributed by atoms with Crippen molar-refractivity contribution in [1.82, 2.24) is 0 Å². The smallest absolute Gasteiger partial charge is 0.260 e. The molecule has 2 aromatic rings. The number of rotatable bonds is 3. The van der Waals surface area contributed by atoms with E-state index in [4.69, 9.17) is 5.73 Å². The van der Waals surface area contributed by atoms with Gasteiger partial charge in [0.1, 0.15) is 0 Å². The van der Waals surface area contributed by atoms with Crippen LogP contribution in [-0.2, 0) is 0 Å². The van der Waals surface area contributed by atoms with Gasteiger partial charge >= 0.3 is 0 Å². The van der Waals surface area contributed by atoms with Crippen molar-refractivity contribution in [1.29, 1.82) is 0 Å². The second-order valence-corrected chi connectivity index (χ2v) is 7.63. The molecule has 19 heavy (non-hydrogen) atoms. The maximum atomic E-state index is 12.5. The lowest BCUT2D eigenvalue weighted by Gasteiger charge is -2.21. The molecule has 0 aliphatic carbocycles. The van der Waals surface area contributed by atoms with Gasteiger partial charge in [0.2, 0.25) is 0 Å². The standard InChI is InChI=1S/C13H12Br2N2OS/c1-2-17(9-5-3-8(16)4-6-9)13(18)10-7-11(14)19-12(10)15/h3-7H,2,16H2,1H3. The zero-order valence-corrected chi connectivity index (χ0v) is 14.2. The predicted molar refractivity (Wildman–Crippen MR) is 87.9 cm³/mol. The van der Waals surface area contributed by atoms with E-state index in [1.54, 1.807) is 17.0 Å². The van der Waals surface area contributed by atoms with E-state index in [1.807, 2.05) is 25.1 Å². The maximum absolute atomic E-state index is 12.5. The summed E-state index contributed by atoms with van der Waals surface area (Å²) in [6, 6.07) is 9.13. The number of benzene rings is 1. The number of nitrogen functional groups attached to an aromatic ring is 1. The van der Waals surface area contributed by atoms with E-state index in [0.717, 1.165) is 13.3 Å². The molecule has 0 aliphatic heterocycles. The Morgan fingerprint density at radius 3 is 2.42 bits per heavy atom. The van der Waals surface area contributed by atoms with Crippen LogP contribution in [0.25, 0.3) is 0 Å². The molecule has 6 heteroatoms. The van der Waals surface area contributed by atoms with Crippen LogP contribution in [0.15, 0.2) is 37.9 Å². The minimum absolute atomic E-state index is 0.0268. The Morgan fingerprint density at radius 2 is 1.95 bits per heavy atom. The Kier molecular flexibility index (Phi) is 4.65. The number of halogens is 2. The number of hydrogen-bond acceptors (Lipinski definition) is 3. The fourth-order valence-electron chi connectivity index (χ4n) is 1.73. The third-order valence-corrected chi connectivity index (χ3v) is 4.99. The third-order valence-electron chi connectivity index (χ3n) is 2.65. The average molecular weight is 404 g/mol. The zero-order valence-electron chi connectivity index (χ0n) is 10.2. The highest BCUT2D eigenvalue weighted by Gasteiger charge is 2.20. The molecule has 0 unspecified atom stereocenters. The molecule has 0 atom stereocenters. The van der Waals surface area contributed by atoms with Crippen molar-refractivity contribution in [3.05, 3.63) is 43.5 Å². The van der Waals surface area contributed by atoms with Crippen molar-refractivity contribution < 1.29 is 4.79 Å². The molecule has 0 spiro atoms. The summed E-state index contributed by atoms with van der Waals surface area (Å²) in [7, 11) is 0. The molecular formula is C13H12Br2N2OS. The van der Waals surface area contributed by atoms with E-state index in [1.165, 1.54) is 11.3 Å². The molecule has 1 heterocycles. The van der Waals surface area contributed by atoms with Crippen LogP contribution in [0.2, 0.25) is 0 Å². The number of carbonyl (C=O) groups excluding carboxylic acids is 1.